The van der Waals surface area contributed by atoms with Crippen molar-refractivity contribution in [2.45, 2.75) is 32.9 Å². The normalized spacial score (nSPS) is 10.5. The fourth-order valence-electron chi connectivity index (χ4n) is 4.12. The SMILES string of the molecule is CC(=O)OCCCCOC(=O)c1cc(Br)c(N)c(CN(C)Cc2ccccc2)c1.Clc1cccc(Cl)c1Nc1ccccc1. The first-order chi connectivity index (χ1) is 21.1. The highest BCUT2D eigenvalue weighted by Crippen LogP contribution is 2.32. The zero-order valence-electron chi connectivity index (χ0n) is 24.7. The Bertz CT molecular complexity index is 1490. The van der Waals surface area contributed by atoms with Crippen LogP contribution in [0.4, 0.5) is 17.1 Å². The smallest absolute Gasteiger partial charge is 0.338 e. The average molecular weight is 701 g/mol. The Morgan fingerprint density at radius 2 is 1.43 bits per heavy atom. The fraction of sp³-hybridized carbons (Fsp3) is 0.235. The maximum atomic E-state index is 12.4. The van der Waals surface area contributed by atoms with Gasteiger partial charge in [-0.25, -0.2) is 4.79 Å². The summed E-state index contributed by atoms with van der Waals surface area (Å²) in [6.07, 6.45) is 1.27. The van der Waals surface area contributed by atoms with Crippen LogP contribution in [0.1, 0.15) is 41.3 Å². The van der Waals surface area contributed by atoms with Gasteiger partial charge in [-0.15, -0.1) is 0 Å². The highest BCUT2D eigenvalue weighted by atomic mass is 79.9. The lowest BCUT2D eigenvalue weighted by atomic mass is 10.1. The van der Waals surface area contributed by atoms with E-state index in [1.54, 1.807) is 24.3 Å². The van der Waals surface area contributed by atoms with E-state index in [-0.39, 0.29) is 12.6 Å². The maximum absolute atomic E-state index is 12.4. The molecule has 4 aromatic carbocycles. The third-order valence-electron chi connectivity index (χ3n) is 6.27. The molecule has 0 radical (unpaired) electrons. The van der Waals surface area contributed by atoms with Gasteiger partial charge in [0.1, 0.15) is 0 Å². The topological polar surface area (TPSA) is 93.9 Å². The molecule has 4 aromatic rings. The number of carbonyl (C=O) groups is 2. The minimum Gasteiger partial charge on any atom is -0.466 e. The number of esters is 2. The van der Waals surface area contributed by atoms with Gasteiger partial charge in [0.2, 0.25) is 0 Å². The summed E-state index contributed by atoms with van der Waals surface area (Å²) in [5.41, 5.74) is 11.0. The molecular formula is C34H36BrCl2N3O4. The number of rotatable bonds is 12. The van der Waals surface area contributed by atoms with Crippen LogP contribution in [0.2, 0.25) is 10.0 Å². The summed E-state index contributed by atoms with van der Waals surface area (Å²) in [5.74, 6) is -0.705. The standard InChI is InChI=1S/C22H27BrN2O4.C12H9Cl2N/c1-16(26)28-10-6-7-11-29-22(27)18-12-19(21(24)20(23)13-18)15-25(2)14-17-8-4-3-5-9-17;13-10-7-4-8-11(14)12(10)15-9-5-2-1-3-6-9/h3-5,8-9,12-13H,6-7,10-11,14-15,24H2,1-2H3;1-8,15H. The summed E-state index contributed by atoms with van der Waals surface area (Å²) in [7, 11) is 2.01. The Morgan fingerprint density at radius 3 is 2.05 bits per heavy atom. The lowest BCUT2D eigenvalue weighted by molar-refractivity contribution is -0.141. The molecular weight excluding hydrogens is 665 g/mol. The number of benzene rings is 4. The van der Waals surface area contributed by atoms with Crippen molar-refractivity contribution in [3.63, 3.8) is 0 Å². The fourth-order valence-corrected chi connectivity index (χ4v) is 5.11. The van der Waals surface area contributed by atoms with Gasteiger partial charge in [0.25, 0.3) is 0 Å². The molecule has 0 unspecified atom stereocenters. The van der Waals surface area contributed by atoms with Crippen LogP contribution in [0.25, 0.3) is 0 Å². The van der Waals surface area contributed by atoms with Crippen molar-refractivity contribution < 1.29 is 19.1 Å². The molecule has 0 atom stereocenters. The van der Waals surface area contributed by atoms with Crippen LogP contribution in [0, 0.1) is 0 Å². The number of hydrogen-bond donors (Lipinski definition) is 2. The van der Waals surface area contributed by atoms with Crippen LogP contribution in [0.5, 0.6) is 0 Å². The van der Waals surface area contributed by atoms with Gasteiger partial charge in [-0.3, -0.25) is 9.69 Å². The molecule has 0 aliphatic rings. The second kappa shape index (κ2) is 18.3. The predicted octanol–water partition coefficient (Wildman–Crippen LogP) is 8.90. The number of anilines is 3. The second-order valence-corrected chi connectivity index (χ2v) is 11.6. The number of unbranched alkanes of at least 4 members (excludes halogenated alkanes) is 1. The zero-order chi connectivity index (χ0) is 31.9. The molecule has 0 aromatic heterocycles. The van der Waals surface area contributed by atoms with E-state index in [0.717, 1.165) is 23.5 Å². The summed E-state index contributed by atoms with van der Waals surface area (Å²) in [4.78, 5) is 25.2. The van der Waals surface area contributed by atoms with Crippen molar-refractivity contribution >= 4 is 68.1 Å². The van der Waals surface area contributed by atoms with Crippen molar-refractivity contribution in [1.82, 2.24) is 4.90 Å². The van der Waals surface area contributed by atoms with Crippen molar-refractivity contribution in [3.8, 4) is 0 Å². The largest absolute Gasteiger partial charge is 0.466 e. The molecule has 4 rings (SSSR count). The van der Waals surface area contributed by atoms with Crippen molar-refractivity contribution in [1.29, 1.82) is 0 Å². The molecule has 0 spiro atoms. The van der Waals surface area contributed by atoms with Gasteiger partial charge in [-0.2, -0.15) is 0 Å². The van der Waals surface area contributed by atoms with E-state index in [2.05, 4.69) is 38.3 Å². The van der Waals surface area contributed by atoms with E-state index in [1.165, 1.54) is 12.5 Å². The van der Waals surface area contributed by atoms with Crippen LogP contribution < -0.4 is 11.1 Å². The number of nitrogen functional groups attached to an aromatic ring is 1. The number of nitrogens with zero attached hydrogens (tertiary/aromatic N) is 1. The van der Waals surface area contributed by atoms with E-state index in [1.807, 2.05) is 61.6 Å². The number of nitrogens with one attached hydrogen (secondary N) is 1. The van der Waals surface area contributed by atoms with Crippen LogP contribution in [0.15, 0.2) is 95.5 Å². The Labute approximate surface area is 277 Å². The number of nitrogens with two attached hydrogens (primary N) is 1. The van der Waals surface area contributed by atoms with Crippen LogP contribution in [-0.4, -0.2) is 37.1 Å². The number of halogens is 3. The molecule has 0 saturated heterocycles. The molecule has 7 nitrogen and oxygen atoms in total. The lowest BCUT2D eigenvalue weighted by Crippen LogP contribution is -2.19. The van der Waals surface area contributed by atoms with Gasteiger partial charge in [-0.05, 0) is 83.3 Å². The van der Waals surface area contributed by atoms with E-state index < -0.39 is 5.97 Å². The summed E-state index contributed by atoms with van der Waals surface area (Å²) in [5, 5.41) is 4.41. The summed E-state index contributed by atoms with van der Waals surface area (Å²) >= 11 is 15.5. The molecule has 3 N–H and O–H groups in total. The first-order valence-electron chi connectivity index (χ1n) is 14.0. The van der Waals surface area contributed by atoms with Crippen molar-refractivity contribution in [2.24, 2.45) is 0 Å². The molecule has 0 bridgehead atoms. The molecule has 0 heterocycles. The van der Waals surface area contributed by atoms with Crippen LogP contribution in [-0.2, 0) is 27.4 Å². The highest BCUT2D eigenvalue weighted by molar-refractivity contribution is 9.10. The number of para-hydroxylation sites is 2. The monoisotopic (exact) mass is 699 g/mol. The molecule has 0 aliphatic heterocycles. The van der Waals surface area contributed by atoms with Gasteiger partial charge in [0, 0.05) is 30.2 Å². The van der Waals surface area contributed by atoms with Crippen molar-refractivity contribution in [2.75, 3.05) is 31.3 Å². The zero-order valence-corrected chi connectivity index (χ0v) is 27.8. The Hall–Kier alpha value is -3.56. The van der Waals surface area contributed by atoms with Gasteiger partial charge >= 0.3 is 11.9 Å². The Balaban J connectivity index is 0.000000293. The van der Waals surface area contributed by atoms with E-state index in [0.29, 0.717) is 51.8 Å². The third kappa shape index (κ3) is 11.8. The summed E-state index contributed by atoms with van der Waals surface area (Å²) in [6, 6.07) is 28.8. The average Bonchev–Trinajstić information content (AvgIpc) is 3.00. The third-order valence-corrected chi connectivity index (χ3v) is 7.56. The number of carbonyl (C=O) groups excluding carboxylic acids is 2. The number of hydrogen-bond acceptors (Lipinski definition) is 7. The Morgan fingerprint density at radius 1 is 0.841 bits per heavy atom. The quantitative estimate of drug-likeness (QED) is 0.0866. The van der Waals surface area contributed by atoms with E-state index in [4.69, 9.17) is 38.4 Å². The van der Waals surface area contributed by atoms with E-state index >= 15 is 0 Å². The molecule has 0 fully saturated rings. The Kier molecular flexibility index (Phi) is 14.5. The second-order valence-electron chi connectivity index (χ2n) is 9.96. The number of ether oxygens (including phenoxy) is 2. The van der Waals surface area contributed by atoms with E-state index in [9.17, 15) is 9.59 Å². The van der Waals surface area contributed by atoms with Gasteiger partial charge < -0.3 is 20.5 Å². The molecule has 232 valence electrons. The van der Waals surface area contributed by atoms with Crippen LogP contribution in [0.3, 0.4) is 0 Å². The highest BCUT2D eigenvalue weighted by Gasteiger charge is 2.15. The van der Waals surface area contributed by atoms with Gasteiger partial charge in [-0.1, -0.05) is 77.8 Å². The first kappa shape index (κ1) is 34.9. The summed E-state index contributed by atoms with van der Waals surface area (Å²) in [6.45, 7) is 3.34. The molecule has 0 amide bonds. The molecule has 0 aliphatic carbocycles. The van der Waals surface area contributed by atoms with Gasteiger partial charge in [0.15, 0.2) is 0 Å². The van der Waals surface area contributed by atoms with Crippen LogP contribution >= 0.6 is 39.1 Å². The summed E-state index contributed by atoms with van der Waals surface area (Å²) < 4.78 is 10.9. The van der Waals surface area contributed by atoms with Gasteiger partial charge in [0.05, 0.1) is 40.2 Å². The lowest BCUT2D eigenvalue weighted by Gasteiger charge is -2.19. The molecule has 44 heavy (non-hydrogen) atoms. The van der Waals surface area contributed by atoms with Crippen molar-refractivity contribution in [3.05, 3.63) is 122 Å². The predicted molar refractivity (Wildman–Crippen MR) is 183 cm³/mol. The molecule has 10 heteroatoms. The minimum absolute atomic E-state index is 0.269. The first-order valence-corrected chi connectivity index (χ1v) is 15.6. The maximum Gasteiger partial charge on any atom is 0.338 e. The minimum atomic E-state index is -0.398. The molecule has 0 saturated carbocycles.